The summed E-state index contributed by atoms with van der Waals surface area (Å²) in [5, 5.41) is 0. The van der Waals surface area contributed by atoms with Gasteiger partial charge >= 0.3 is 0 Å². The first-order valence-electron chi connectivity index (χ1n) is 5.81. The predicted octanol–water partition coefficient (Wildman–Crippen LogP) is 3.58. The fourth-order valence-corrected chi connectivity index (χ4v) is 2.62. The summed E-state index contributed by atoms with van der Waals surface area (Å²) in [5.41, 5.74) is 3.95. The van der Waals surface area contributed by atoms with Crippen LogP contribution in [0.5, 0.6) is 0 Å². The summed E-state index contributed by atoms with van der Waals surface area (Å²) in [5.74, 6) is 1.05. The number of nitrogens with zero attached hydrogens (tertiary/aromatic N) is 2. The number of hydrogen-bond acceptors (Lipinski definition) is 1. The van der Waals surface area contributed by atoms with Crippen molar-refractivity contribution in [1.82, 2.24) is 9.55 Å². The van der Waals surface area contributed by atoms with E-state index >= 15 is 0 Å². The Morgan fingerprint density at radius 1 is 1.12 bits per heavy atom. The second-order valence-electron chi connectivity index (χ2n) is 4.44. The van der Waals surface area contributed by atoms with Gasteiger partial charge in [-0.2, -0.15) is 0 Å². The van der Waals surface area contributed by atoms with E-state index in [1.54, 1.807) is 0 Å². The summed E-state index contributed by atoms with van der Waals surface area (Å²) >= 11 is 3.52. The van der Waals surface area contributed by atoms with Crippen molar-refractivity contribution in [3.8, 4) is 0 Å². The third-order valence-electron chi connectivity index (χ3n) is 3.16. The first-order valence-corrected chi connectivity index (χ1v) is 6.60. The first-order chi connectivity index (χ1) is 8.08. The molecule has 0 unspecified atom stereocenters. The van der Waals surface area contributed by atoms with Gasteiger partial charge in [-0.25, -0.2) is 4.98 Å². The van der Waals surface area contributed by atoms with Gasteiger partial charge in [-0.05, 0) is 48.2 Å². The minimum Gasteiger partial charge on any atom is -0.334 e. The molecule has 0 N–H and O–H groups in total. The fourth-order valence-electron chi connectivity index (χ4n) is 1.90. The molecule has 0 atom stereocenters. The van der Waals surface area contributed by atoms with Crippen LogP contribution >= 0.6 is 15.9 Å². The Bertz CT molecular complexity index is 512. The van der Waals surface area contributed by atoms with Gasteiger partial charge in [-0.3, -0.25) is 0 Å². The van der Waals surface area contributed by atoms with Crippen molar-refractivity contribution in [2.75, 3.05) is 0 Å². The highest BCUT2D eigenvalue weighted by molar-refractivity contribution is 9.10. The molecule has 0 aliphatic carbocycles. The predicted molar refractivity (Wildman–Crippen MR) is 74.2 cm³/mol. The lowest BCUT2D eigenvalue weighted by molar-refractivity contribution is 0.770. The lowest BCUT2D eigenvalue weighted by Crippen LogP contribution is -2.01. The molecule has 90 valence electrons. The zero-order chi connectivity index (χ0) is 12.4. The Kier molecular flexibility index (Phi) is 3.67. The van der Waals surface area contributed by atoms with E-state index in [4.69, 9.17) is 0 Å². The second-order valence-corrected chi connectivity index (χ2v) is 5.19. The smallest absolute Gasteiger partial charge is 0.127 e. The SMILES string of the molecule is Cc1ccc(CCc2c(Br)nc(C)n2C)cc1. The molecule has 2 nitrogen and oxygen atoms in total. The van der Waals surface area contributed by atoms with Crippen LogP contribution in [0.15, 0.2) is 28.9 Å². The highest BCUT2D eigenvalue weighted by Crippen LogP contribution is 2.18. The molecule has 0 radical (unpaired) electrons. The summed E-state index contributed by atoms with van der Waals surface area (Å²) in [6, 6.07) is 8.73. The van der Waals surface area contributed by atoms with E-state index in [1.807, 2.05) is 6.92 Å². The second kappa shape index (κ2) is 5.05. The Labute approximate surface area is 111 Å². The van der Waals surface area contributed by atoms with Crippen molar-refractivity contribution >= 4 is 15.9 Å². The first kappa shape index (κ1) is 12.4. The molecule has 0 amide bonds. The van der Waals surface area contributed by atoms with E-state index in [2.05, 4.69) is 63.7 Å². The van der Waals surface area contributed by atoms with Crippen molar-refractivity contribution in [1.29, 1.82) is 0 Å². The van der Waals surface area contributed by atoms with E-state index in [0.717, 1.165) is 23.3 Å². The van der Waals surface area contributed by atoms with Crippen LogP contribution < -0.4 is 0 Å². The average molecular weight is 293 g/mol. The maximum atomic E-state index is 4.42. The quantitative estimate of drug-likeness (QED) is 0.845. The highest BCUT2D eigenvalue weighted by Gasteiger charge is 2.09. The number of rotatable bonds is 3. The van der Waals surface area contributed by atoms with Crippen molar-refractivity contribution in [3.63, 3.8) is 0 Å². The minimum absolute atomic E-state index is 0.976. The molecule has 0 saturated heterocycles. The Morgan fingerprint density at radius 2 is 1.76 bits per heavy atom. The van der Waals surface area contributed by atoms with E-state index in [9.17, 15) is 0 Å². The molecule has 0 aliphatic heterocycles. The number of halogens is 1. The number of aromatic nitrogens is 2. The van der Waals surface area contributed by atoms with E-state index in [1.165, 1.54) is 16.8 Å². The van der Waals surface area contributed by atoms with Gasteiger partial charge in [0.15, 0.2) is 0 Å². The average Bonchev–Trinajstić information content (AvgIpc) is 2.54. The van der Waals surface area contributed by atoms with Gasteiger partial charge in [-0.1, -0.05) is 29.8 Å². The Hall–Kier alpha value is -1.09. The summed E-state index contributed by atoms with van der Waals surface area (Å²) in [4.78, 5) is 4.42. The topological polar surface area (TPSA) is 17.8 Å². The molecule has 0 fully saturated rings. The summed E-state index contributed by atoms with van der Waals surface area (Å²) in [6.07, 6.45) is 2.07. The highest BCUT2D eigenvalue weighted by atomic mass is 79.9. The van der Waals surface area contributed by atoms with Gasteiger partial charge in [-0.15, -0.1) is 0 Å². The van der Waals surface area contributed by atoms with Gasteiger partial charge in [0.05, 0.1) is 5.69 Å². The monoisotopic (exact) mass is 292 g/mol. The standard InChI is InChI=1S/C14H17BrN2/c1-10-4-6-12(7-5-10)8-9-13-14(15)16-11(2)17(13)3/h4-7H,8-9H2,1-3H3. The van der Waals surface area contributed by atoms with Gasteiger partial charge in [0, 0.05) is 7.05 Å². The maximum absolute atomic E-state index is 4.42. The van der Waals surface area contributed by atoms with E-state index in [-0.39, 0.29) is 0 Å². The van der Waals surface area contributed by atoms with Crippen LogP contribution in [0.4, 0.5) is 0 Å². The molecule has 3 heteroatoms. The molecule has 1 aromatic carbocycles. The molecule has 2 rings (SSSR count). The van der Waals surface area contributed by atoms with Crippen LogP contribution in [0.25, 0.3) is 0 Å². The lowest BCUT2D eigenvalue weighted by Gasteiger charge is -2.05. The molecule has 2 aromatic rings. The van der Waals surface area contributed by atoms with Crippen LogP contribution in [0.2, 0.25) is 0 Å². The van der Waals surface area contributed by atoms with Crippen LogP contribution in [0.1, 0.15) is 22.6 Å². The van der Waals surface area contributed by atoms with Gasteiger partial charge in [0.2, 0.25) is 0 Å². The number of imidazole rings is 1. The molecular formula is C14H17BrN2. The molecule has 17 heavy (non-hydrogen) atoms. The molecule has 0 bridgehead atoms. The number of aryl methyl sites for hydroxylation is 3. The lowest BCUT2D eigenvalue weighted by atomic mass is 10.1. The fraction of sp³-hybridized carbons (Fsp3) is 0.357. The van der Waals surface area contributed by atoms with Gasteiger partial charge in [0.1, 0.15) is 10.4 Å². The zero-order valence-corrected chi connectivity index (χ0v) is 12.1. The van der Waals surface area contributed by atoms with Crippen molar-refractivity contribution in [2.45, 2.75) is 26.7 Å². The molecule has 1 heterocycles. The molecular weight excluding hydrogens is 276 g/mol. The van der Waals surface area contributed by atoms with Crippen LogP contribution in [0.3, 0.4) is 0 Å². The third-order valence-corrected chi connectivity index (χ3v) is 3.79. The third kappa shape index (κ3) is 2.78. The molecule has 0 saturated carbocycles. The number of benzene rings is 1. The van der Waals surface area contributed by atoms with Crippen molar-refractivity contribution < 1.29 is 0 Å². The van der Waals surface area contributed by atoms with E-state index in [0.29, 0.717) is 0 Å². The molecule has 1 aromatic heterocycles. The number of hydrogen-bond donors (Lipinski definition) is 0. The zero-order valence-electron chi connectivity index (χ0n) is 10.5. The Morgan fingerprint density at radius 3 is 2.29 bits per heavy atom. The normalized spacial score (nSPS) is 10.8. The van der Waals surface area contributed by atoms with Crippen LogP contribution in [-0.2, 0) is 19.9 Å². The van der Waals surface area contributed by atoms with E-state index < -0.39 is 0 Å². The Balaban J connectivity index is 2.09. The molecule has 0 spiro atoms. The van der Waals surface area contributed by atoms with Crippen molar-refractivity contribution in [2.24, 2.45) is 7.05 Å². The van der Waals surface area contributed by atoms with Crippen LogP contribution in [-0.4, -0.2) is 9.55 Å². The maximum Gasteiger partial charge on any atom is 0.127 e. The van der Waals surface area contributed by atoms with Gasteiger partial charge in [0.25, 0.3) is 0 Å². The van der Waals surface area contributed by atoms with Crippen molar-refractivity contribution in [3.05, 3.63) is 51.5 Å². The minimum atomic E-state index is 0.976. The molecule has 0 aliphatic rings. The van der Waals surface area contributed by atoms with Gasteiger partial charge < -0.3 is 4.57 Å². The summed E-state index contributed by atoms with van der Waals surface area (Å²) < 4.78 is 3.13. The largest absolute Gasteiger partial charge is 0.334 e. The summed E-state index contributed by atoms with van der Waals surface area (Å²) in [7, 11) is 2.07. The van der Waals surface area contributed by atoms with Crippen LogP contribution in [0, 0.1) is 13.8 Å². The summed E-state index contributed by atoms with van der Waals surface area (Å²) in [6.45, 7) is 4.14.